The number of hydrogen-bond acceptors (Lipinski definition) is 1. The highest BCUT2D eigenvalue weighted by molar-refractivity contribution is 5.37. The van der Waals surface area contributed by atoms with E-state index < -0.39 is 0 Å². The molecule has 0 aliphatic carbocycles. The van der Waals surface area contributed by atoms with Crippen LogP contribution in [-0.4, -0.2) is 6.10 Å². The van der Waals surface area contributed by atoms with E-state index in [1.807, 2.05) is 6.07 Å². The van der Waals surface area contributed by atoms with E-state index in [4.69, 9.17) is 4.74 Å². The van der Waals surface area contributed by atoms with Gasteiger partial charge in [-0.2, -0.15) is 0 Å². The molecule has 0 amide bonds. The zero-order valence-corrected chi connectivity index (χ0v) is 9.80. The van der Waals surface area contributed by atoms with Crippen molar-refractivity contribution in [1.29, 1.82) is 0 Å². The van der Waals surface area contributed by atoms with Gasteiger partial charge in [-0.3, -0.25) is 0 Å². The van der Waals surface area contributed by atoms with Gasteiger partial charge in [0, 0.05) is 6.42 Å². The van der Waals surface area contributed by atoms with Crippen molar-refractivity contribution in [3.63, 3.8) is 0 Å². The van der Waals surface area contributed by atoms with Gasteiger partial charge in [0.2, 0.25) is 0 Å². The molecule has 1 heterocycles. The summed E-state index contributed by atoms with van der Waals surface area (Å²) in [6, 6.07) is 19.0. The maximum absolute atomic E-state index is 5.93. The van der Waals surface area contributed by atoms with Gasteiger partial charge in [0.25, 0.3) is 0 Å². The Kier molecular flexibility index (Phi) is 2.83. The Hall–Kier alpha value is -1.76. The first kappa shape index (κ1) is 10.4. The van der Waals surface area contributed by atoms with Crippen molar-refractivity contribution in [2.75, 3.05) is 0 Å². The minimum atomic E-state index is 0.354. The molecule has 2 aromatic carbocycles. The van der Waals surface area contributed by atoms with Crippen molar-refractivity contribution in [3.05, 3.63) is 65.7 Å². The van der Waals surface area contributed by atoms with E-state index in [0.29, 0.717) is 6.10 Å². The number of rotatable bonds is 3. The molecule has 1 aliphatic heterocycles. The fourth-order valence-electron chi connectivity index (χ4n) is 2.39. The van der Waals surface area contributed by atoms with Gasteiger partial charge in [0.15, 0.2) is 0 Å². The fraction of sp³-hybridized carbons (Fsp3) is 0.250. The van der Waals surface area contributed by atoms with Crippen LogP contribution in [0.2, 0.25) is 0 Å². The quantitative estimate of drug-likeness (QED) is 0.773. The minimum absolute atomic E-state index is 0.354. The molecule has 0 saturated carbocycles. The van der Waals surface area contributed by atoms with Gasteiger partial charge in [-0.1, -0.05) is 48.5 Å². The van der Waals surface area contributed by atoms with Gasteiger partial charge in [-0.15, -0.1) is 0 Å². The van der Waals surface area contributed by atoms with Crippen molar-refractivity contribution in [1.82, 2.24) is 0 Å². The lowest BCUT2D eigenvalue weighted by atomic mass is 10.0. The highest BCUT2D eigenvalue weighted by atomic mass is 16.5. The third-order valence-corrected chi connectivity index (χ3v) is 3.31. The van der Waals surface area contributed by atoms with Crippen molar-refractivity contribution in [3.8, 4) is 5.75 Å². The SMILES string of the molecule is c1ccc(CCC2Cc3ccccc3O2)cc1. The number of benzene rings is 2. The van der Waals surface area contributed by atoms with E-state index in [1.165, 1.54) is 11.1 Å². The first-order chi connectivity index (χ1) is 8.42. The fourth-order valence-corrected chi connectivity index (χ4v) is 2.39. The summed E-state index contributed by atoms with van der Waals surface area (Å²) >= 11 is 0. The van der Waals surface area contributed by atoms with E-state index in [9.17, 15) is 0 Å². The molecular formula is C16H16O. The zero-order valence-electron chi connectivity index (χ0n) is 9.80. The van der Waals surface area contributed by atoms with Crippen LogP contribution in [0.5, 0.6) is 5.75 Å². The predicted molar refractivity (Wildman–Crippen MR) is 69.3 cm³/mol. The van der Waals surface area contributed by atoms with Crippen molar-refractivity contribution in [2.45, 2.75) is 25.4 Å². The van der Waals surface area contributed by atoms with Crippen LogP contribution in [0.15, 0.2) is 54.6 Å². The molecule has 0 aromatic heterocycles. The molecule has 1 atom stereocenters. The summed E-state index contributed by atoms with van der Waals surface area (Å²) < 4.78 is 5.93. The van der Waals surface area contributed by atoms with Gasteiger partial charge in [0.1, 0.15) is 11.9 Å². The summed E-state index contributed by atoms with van der Waals surface area (Å²) in [5, 5.41) is 0. The van der Waals surface area contributed by atoms with Crippen LogP contribution in [0, 0.1) is 0 Å². The van der Waals surface area contributed by atoms with Crippen molar-refractivity contribution in [2.24, 2.45) is 0 Å². The molecule has 2 aromatic rings. The van der Waals surface area contributed by atoms with E-state index in [2.05, 4.69) is 48.5 Å². The lowest BCUT2D eigenvalue weighted by molar-refractivity contribution is 0.222. The molecule has 0 saturated heterocycles. The molecule has 17 heavy (non-hydrogen) atoms. The van der Waals surface area contributed by atoms with Gasteiger partial charge < -0.3 is 4.74 Å². The lowest BCUT2D eigenvalue weighted by Crippen LogP contribution is -2.13. The average molecular weight is 224 g/mol. The number of para-hydroxylation sites is 1. The summed E-state index contributed by atoms with van der Waals surface area (Å²) in [5.74, 6) is 1.07. The van der Waals surface area contributed by atoms with E-state index in [0.717, 1.165) is 25.0 Å². The highest BCUT2D eigenvalue weighted by Gasteiger charge is 2.21. The van der Waals surface area contributed by atoms with E-state index in [-0.39, 0.29) is 0 Å². The molecule has 0 bridgehead atoms. The molecule has 1 heteroatoms. The molecule has 1 nitrogen and oxygen atoms in total. The summed E-state index contributed by atoms with van der Waals surface area (Å²) in [7, 11) is 0. The smallest absolute Gasteiger partial charge is 0.123 e. The van der Waals surface area contributed by atoms with Gasteiger partial charge in [-0.25, -0.2) is 0 Å². The third kappa shape index (κ3) is 2.33. The van der Waals surface area contributed by atoms with Crippen molar-refractivity contribution < 1.29 is 4.74 Å². The second-order valence-electron chi connectivity index (χ2n) is 4.58. The molecule has 0 fully saturated rings. The Morgan fingerprint density at radius 1 is 0.941 bits per heavy atom. The van der Waals surface area contributed by atoms with Crippen LogP contribution in [0.25, 0.3) is 0 Å². The summed E-state index contributed by atoms with van der Waals surface area (Å²) in [6.07, 6.45) is 3.61. The Bertz CT molecular complexity index is 465. The number of ether oxygens (including phenoxy) is 1. The highest BCUT2D eigenvalue weighted by Crippen LogP contribution is 2.29. The molecule has 0 N–H and O–H groups in total. The minimum Gasteiger partial charge on any atom is -0.490 e. The standard InChI is InChI=1S/C16H16O/c1-2-6-13(7-3-1)10-11-15-12-14-8-4-5-9-16(14)17-15/h1-9,15H,10-12H2. The third-order valence-electron chi connectivity index (χ3n) is 3.31. The van der Waals surface area contributed by atoms with Crippen molar-refractivity contribution >= 4 is 0 Å². The Labute approximate surface area is 102 Å². The number of hydrogen-bond donors (Lipinski definition) is 0. The number of fused-ring (bicyclic) bond motifs is 1. The monoisotopic (exact) mass is 224 g/mol. The average Bonchev–Trinajstić information content (AvgIpc) is 2.80. The van der Waals surface area contributed by atoms with Crippen LogP contribution in [0.3, 0.4) is 0 Å². The summed E-state index contributed by atoms with van der Waals surface area (Å²) in [5.41, 5.74) is 2.75. The largest absolute Gasteiger partial charge is 0.490 e. The van der Waals surface area contributed by atoms with Crippen LogP contribution in [0.1, 0.15) is 17.5 Å². The molecular weight excluding hydrogens is 208 g/mol. The van der Waals surface area contributed by atoms with Crippen LogP contribution in [-0.2, 0) is 12.8 Å². The second kappa shape index (κ2) is 4.62. The Balaban J connectivity index is 1.59. The first-order valence-electron chi connectivity index (χ1n) is 6.20. The normalized spacial score (nSPS) is 17.5. The molecule has 1 unspecified atom stereocenters. The maximum atomic E-state index is 5.93. The number of aryl methyl sites for hydroxylation is 1. The molecule has 0 radical (unpaired) electrons. The maximum Gasteiger partial charge on any atom is 0.123 e. The van der Waals surface area contributed by atoms with Crippen LogP contribution >= 0.6 is 0 Å². The summed E-state index contributed by atoms with van der Waals surface area (Å²) in [6.45, 7) is 0. The summed E-state index contributed by atoms with van der Waals surface area (Å²) in [4.78, 5) is 0. The predicted octanol–water partition coefficient (Wildman–Crippen LogP) is 3.62. The topological polar surface area (TPSA) is 9.23 Å². The molecule has 3 rings (SSSR count). The van der Waals surface area contributed by atoms with E-state index in [1.54, 1.807) is 0 Å². The second-order valence-corrected chi connectivity index (χ2v) is 4.58. The Morgan fingerprint density at radius 3 is 2.53 bits per heavy atom. The molecule has 0 spiro atoms. The lowest BCUT2D eigenvalue weighted by Gasteiger charge is -2.10. The first-order valence-corrected chi connectivity index (χ1v) is 6.20. The van der Waals surface area contributed by atoms with Crippen LogP contribution in [0.4, 0.5) is 0 Å². The zero-order chi connectivity index (χ0) is 11.5. The molecule has 86 valence electrons. The van der Waals surface area contributed by atoms with Gasteiger partial charge >= 0.3 is 0 Å². The molecule has 1 aliphatic rings. The Morgan fingerprint density at radius 2 is 1.71 bits per heavy atom. The van der Waals surface area contributed by atoms with Gasteiger partial charge in [-0.05, 0) is 30.0 Å². The van der Waals surface area contributed by atoms with E-state index >= 15 is 0 Å². The van der Waals surface area contributed by atoms with Gasteiger partial charge in [0.05, 0.1) is 0 Å². The van der Waals surface area contributed by atoms with Crippen LogP contribution < -0.4 is 4.74 Å².